The number of likely N-dealkylation sites (N-methyl/N-ethyl adjacent to an activating group) is 1. The van der Waals surface area contributed by atoms with Crippen LogP contribution in [0, 0.1) is 0 Å². The van der Waals surface area contributed by atoms with E-state index in [1.165, 1.54) is 12.8 Å². The molecule has 1 unspecified atom stereocenters. The fourth-order valence-electron chi connectivity index (χ4n) is 3.35. The number of piperidine rings is 1. The quantitative estimate of drug-likeness (QED) is 0.344. The van der Waals surface area contributed by atoms with Crippen LogP contribution < -0.4 is 5.32 Å². The summed E-state index contributed by atoms with van der Waals surface area (Å²) in [4.78, 5) is 9.14. The summed E-state index contributed by atoms with van der Waals surface area (Å²) in [7, 11) is 4.03. The number of nitrogens with one attached hydrogen (secondary N) is 1. The van der Waals surface area contributed by atoms with E-state index in [0.29, 0.717) is 18.2 Å². The molecule has 0 aromatic heterocycles. The van der Waals surface area contributed by atoms with Crippen molar-refractivity contribution in [2.75, 3.05) is 53.5 Å². The largest absolute Gasteiger partial charge is 0.376 e. The number of hydrogen-bond acceptors (Lipinski definition) is 4. The highest BCUT2D eigenvalue weighted by atomic mass is 127. The molecule has 0 aliphatic carbocycles. The van der Waals surface area contributed by atoms with Crippen LogP contribution in [0.3, 0.4) is 0 Å². The standard InChI is InChI=1S/C19H38N4O2.HI/c1-16(2)22(4)13-10-21-19(20-3)23-11-8-17(9-12-23)25-15-18-7-5-6-14-24-18;/h16-18H,5-15H2,1-4H3,(H,20,21);1H. The molecule has 26 heavy (non-hydrogen) atoms. The third-order valence-electron chi connectivity index (χ3n) is 5.37. The van der Waals surface area contributed by atoms with E-state index in [1.807, 2.05) is 7.05 Å². The fraction of sp³-hybridized carbons (Fsp3) is 0.947. The van der Waals surface area contributed by atoms with E-state index < -0.39 is 0 Å². The number of rotatable bonds is 7. The molecular formula is C19H39IN4O2. The SMILES string of the molecule is CN=C(NCCN(C)C(C)C)N1CCC(OCC2CCCCO2)CC1.I. The molecule has 2 fully saturated rings. The highest BCUT2D eigenvalue weighted by Crippen LogP contribution is 2.17. The molecule has 0 radical (unpaired) electrons. The van der Waals surface area contributed by atoms with Gasteiger partial charge in [0.15, 0.2) is 5.96 Å². The average Bonchev–Trinajstić information content (AvgIpc) is 2.64. The van der Waals surface area contributed by atoms with Gasteiger partial charge in [-0.2, -0.15) is 0 Å². The molecule has 0 aromatic rings. The first-order chi connectivity index (χ1) is 12.1. The molecule has 7 heteroatoms. The lowest BCUT2D eigenvalue weighted by molar-refractivity contribution is -0.0721. The second-order valence-electron chi connectivity index (χ2n) is 7.56. The van der Waals surface area contributed by atoms with Gasteiger partial charge in [-0.15, -0.1) is 24.0 Å². The molecule has 0 amide bonds. The van der Waals surface area contributed by atoms with Crippen molar-refractivity contribution in [1.29, 1.82) is 0 Å². The lowest BCUT2D eigenvalue weighted by Gasteiger charge is -2.35. The molecule has 154 valence electrons. The zero-order valence-corrected chi connectivity index (χ0v) is 19.4. The van der Waals surface area contributed by atoms with Crippen molar-refractivity contribution in [2.45, 2.75) is 64.2 Å². The maximum Gasteiger partial charge on any atom is 0.193 e. The lowest BCUT2D eigenvalue weighted by atomic mass is 10.1. The Bertz CT molecular complexity index is 395. The summed E-state index contributed by atoms with van der Waals surface area (Å²) >= 11 is 0. The number of nitrogens with zero attached hydrogens (tertiary/aromatic N) is 3. The van der Waals surface area contributed by atoms with Crippen molar-refractivity contribution in [3.8, 4) is 0 Å². The van der Waals surface area contributed by atoms with Gasteiger partial charge in [0.1, 0.15) is 0 Å². The summed E-state index contributed by atoms with van der Waals surface area (Å²) in [5.41, 5.74) is 0. The normalized spacial score (nSPS) is 22.6. The van der Waals surface area contributed by atoms with Crippen LogP contribution in [-0.4, -0.2) is 87.5 Å². The minimum absolute atomic E-state index is 0. The third-order valence-corrected chi connectivity index (χ3v) is 5.37. The molecule has 2 rings (SSSR count). The second kappa shape index (κ2) is 13.1. The molecule has 1 atom stereocenters. The first-order valence-corrected chi connectivity index (χ1v) is 9.99. The topological polar surface area (TPSA) is 49.3 Å². The van der Waals surface area contributed by atoms with Gasteiger partial charge in [-0.05, 0) is 53.0 Å². The van der Waals surface area contributed by atoms with Gasteiger partial charge in [-0.25, -0.2) is 0 Å². The highest BCUT2D eigenvalue weighted by Gasteiger charge is 2.23. The molecule has 2 aliphatic heterocycles. The van der Waals surface area contributed by atoms with E-state index in [-0.39, 0.29) is 24.0 Å². The summed E-state index contributed by atoms with van der Waals surface area (Å²) in [5.74, 6) is 1.02. The molecule has 0 bridgehead atoms. The van der Waals surface area contributed by atoms with Gasteiger partial charge < -0.3 is 24.6 Å². The Hall–Kier alpha value is -0.120. The van der Waals surface area contributed by atoms with E-state index in [9.17, 15) is 0 Å². The minimum Gasteiger partial charge on any atom is -0.376 e. The van der Waals surface area contributed by atoms with E-state index in [2.05, 4.69) is 41.0 Å². The highest BCUT2D eigenvalue weighted by molar-refractivity contribution is 14.0. The molecule has 0 spiro atoms. The number of guanidine groups is 1. The first kappa shape index (κ1) is 23.9. The van der Waals surface area contributed by atoms with Crippen LogP contribution in [-0.2, 0) is 9.47 Å². The first-order valence-electron chi connectivity index (χ1n) is 9.99. The molecule has 2 saturated heterocycles. The van der Waals surface area contributed by atoms with Gasteiger partial charge in [0, 0.05) is 45.9 Å². The van der Waals surface area contributed by atoms with Crippen molar-refractivity contribution in [1.82, 2.24) is 15.1 Å². The van der Waals surface area contributed by atoms with Crippen molar-refractivity contribution in [2.24, 2.45) is 4.99 Å². The number of ether oxygens (including phenoxy) is 2. The monoisotopic (exact) mass is 482 g/mol. The Kier molecular flexibility index (Phi) is 12.1. The van der Waals surface area contributed by atoms with Crippen molar-refractivity contribution >= 4 is 29.9 Å². The molecule has 6 nitrogen and oxygen atoms in total. The lowest BCUT2D eigenvalue weighted by Crippen LogP contribution is -2.48. The Labute approximate surface area is 177 Å². The van der Waals surface area contributed by atoms with Gasteiger partial charge in [0.05, 0.1) is 18.8 Å². The second-order valence-corrected chi connectivity index (χ2v) is 7.56. The van der Waals surface area contributed by atoms with Crippen LogP contribution >= 0.6 is 24.0 Å². The van der Waals surface area contributed by atoms with Gasteiger partial charge in [0.2, 0.25) is 0 Å². The average molecular weight is 482 g/mol. The van der Waals surface area contributed by atoms with E-state index >= 15 is 0 Å². The van der Waals surface area contributed by atoms with Crippen molar-refractivity contribution < 1.29 is 9.47 Å². The Morgan fingerprint density at radius 3 is 2.58 bits per heavy atom. The Morgan fingerprint density at radius 1 is 1.27 bits per heavy atom. The predicted octanol–water partition coefficient (Wildman–Crippen LogP) is 2.57. The maximum atomic E-state index is 6.10. The summed E-state index contributed by atoms with van der Waals surface area (Å²) < 4.78 is 11.9. The van der Waals surface area contributed by atoms with E-state index in [4.69, 9.17) is 9.47 Å². The molecule has 1 N–H and O–H groups in total. The van der Waals surface area contributed by atoms with Crippen LogP contribution in [0.5, 0.6) is 0 Å². The molecular weight excluding hydrogens is 443 g/mol. The Balaban J connectivity index is 0.00000338. The Morgan fingerprint density at radius 2 is 2.00 bits per heavy atom. The van der Waals surface area contributed by atoms with Crippen LogP contribution in [0.4, 0.5) is 0 Å². The van der Waals surface area contributed by atoms with Crippen LogP contribution in [0.15, 0.2) is 4.99 Å². The smallest absolute Gasteiger partial charge is 0.193 e. The third kappa shape index (κ3) is 8.27. The maximum absolute atomic E-state index is 6.10. The number of aliphatic imine (C=N–C) groups is 1. The molecule has 2 heterocycles. The zero-order valence-electron chi connectivity index (χ0n) is 17.1. The van der Waals surface area contributed by atoms with Crippen molar-refractivity contribution in [3.63, 3.8) is 0 Å². The predicted molar refractivity (Wildman–Crippen MR) is 119 cm³/mol. The summed E-state index contributed by atoms with van der Waals surface area (Å²) in [6.07, 6.45) is 6.46. The van der Waals surface area contributed by atoms with Crippen LogP contribution in [0.1, 0.15) is 46.0 Å². The number of halogens is 1. The van der Waals surface area contributed by atoms with Crippen LogP contribution in [0.2, 0.25) is 0 Å². The van der Waals surface area contributed by atoms with Gasteiger partial charge in [0.25, 0.3) is 0 Å². The molecule has 0 aromatic carbocycles. The fourth-order valence-corrected chi connectivity index (χ4v) is 3.35. The summed E-state index contributed by atoms with van der Waals surface area (Å²) in [6, 6.07) is 0.574. The van der Waals surface area contributed by atoms with Gasteiger partial charge in [-0.1, -0.05) is 0 Å². The number of hydrogen-bond donors (Lipinski definition) is 1. The summed E-state index contributed by atoms with van der Waals surface area (Å²) in [5, 5.41) is 3.50. The van der Waals surface area contributed by atoms with Crippen LogP contribution in [0.25, 0.3) is 0 Å². The van der Waals surface area contributed by atoms with E-state index in [1.54, 1.807) is 0 Å². The molecule has 0 saturated carbocycles. The van der Waals surface area contributed by atoms with Crippen molar-refractivity contribution in [3.05, 3.63) is 0 Å². The van der Waals surface area contributed by atoms with E-state index in [0.717, 1.165) is 64.6 Å². The van der Waals surface area contributed by atoms with Gasteiger partial charge in [-0.3, -0.25) is 4.99 Å². The summed E-state index contributed by atoms with van der Waals surface area (Å²) in [6.45, 7) is 10.1. The zero-order chi connectivity index (χ0) is 18.1. The van der Waals surface area contributed by atoms with Gasteiger partial charge >= 0.3 is 0 Å². The molecule has 2 aliphatic rings. The number of likely N-dealkylation sites (tertiary alicyclic amines) is 1. The minimum atomic E-state index is 0.